The van der Waals surface area contributed by atoms with E-state index < -0.39 is 0 Å². The van der Waals surface area contributed by atoms with Crippen LogP contribution in [0.5, 0.6) is 0 Å². The molecule has 0 aromatic heterocycles. The number of allylic oxidation sites excluding steroid dienone is 3. The Morgan fingerprint density at radius 1 is 1.31 bits per heavy atom. The molecule has 0 unspecified atom stereocenters. The molecule has 1 amide bonds. The molecule has 2 aliphatic carbocycles. The molecule has 0 atom stereocenters. The Morgan fingerprint density at radius 2 is 2.06 bits per heavy atom. The van der Waals surface area contributed by atoms with Gasteiger partial charge in [0.25, 0.3) is 0 Å². The van der Waals surface area contributed by atoms with Crippen molar-refractivity contribution in [1.29, 1.82) is 0 Å². The summed E-state index contributed by atoms with van der Waals surface area (Å²) in [6.45, 7) is 2.30. The summed E-state index contributed by atoms with van der Waals surface area (Å²) < 4.78 is 0. The summed E-state index contributed by atoms with van der Waals surface area (Å²) in [4.78, 5) is 11.9. The van der Waals surface area contributed by atoms with Crippen molar-refractivity contribution in [3.8, 4) is 0 Å². The molecule has 2 nitrogen and oxygen atoms in total. The van der Waals surface area contributed by atoms with Gasteiger partial charge in [-0.05, 0) is 44.4 Å². The predicted octanol–water partition coefficient (Wildman–Crippen LogP) is 2.96. The second kappa shape index (κ2) is 5.33. The topological polar surface area (TPSA) is 29.1 Å². The fraction of sp³-hybridized carbons (Fsp3) is 0.643. The van der Waals surface area contributed by atoms with Gasteiger partial charge >= 0.3 is 0 Å². The smallest absolute Gasteiger partial charge is 0.247 e. The largest absolute Gasteiger partial charge is 0.350 e. The van der Waals surface area contributed by atoms with Gasteiger partial charge in [0.15, 0.2) is 0 Å². The maximum absolute atomic E-state index is 11.9. The molecule has 2 rings (SSSR count). The Balaban J connectivity index is 1.83. The number of carbonyl (C=O) groups excluding carboxylic acids is 1. The molecule has 0 heterocycles. The molecule has 0 aromatic carbocycles. The minimum atomic E-state index is 0.156. The Morgan fingerprint density at radius 3 is 2.69 bits per heavy atom. The van der Waals surface area contributed by atoms with Crippen LogP contribution in [0.1, 0.15) is 45.4 Å². The number of amides is 1. The zero-order valence-electron chi connectivity index (χ0n) is 10.0. The fourth-order valence-electron chi connectivity index (χ4n) is 2.47. The maximum Gasteiger partial charge on any atom is 0.247 e. The van der Waals surface area contributed by atoms with Gasteiger partial charge in [-0.3, -0.25) is 4.79 Å². The van der Waals surface area contributed by atoms with Gasteiger partial charge < -0.3 is 5.32 Å². The van der Waals surface area contributed by atoms with E-state index in [0.29, 0.717) is 6.04 Å². The highest BCUT2D eigenvalue weighted by atomic mass is 16.1. The van der Waals surface area contributed by atoms with Gasteiger partial charge in [0.1, 0.15) is 0 Å². The molecule has 2 aliphatic rings. The van der Waals surface area contributed by atoms with E-state index in [2.05, 4.69) is 18.3 Å². The number of hydrogen-bond donors (Lipinski definition) is 1. The lowest BCUT2D eigenvalue weighted by Gasteiger charge is -2.27. The first-order chi connectivity index (χ1) is 7.75. The van der Waals surface area contributed by atoms with E-state index in [1.807, 2.05) is 12.2 Å². The van der Waals surface area contributed by atoms with Crippen molar-refractivity contribution >= 4 is 5.91 Å². The van der Waals surface area contributed by atoms with Crippen LogP contribution < -0.4 is 5.32 Å². The molecular formula is C14H21NO. The highest BCUT2D eigenvalue weighted by Gasteiger charge is 2.20. The van der Waals surface area contributed by atoms with Gasteiger partial charge in [0.05, 0.1) is 0 Å². The fourth-order valence-corrected chi connectivity index (χ4v) is 2.47. The molecule has 0 saturated heterocycles. The third kappa shape index (κ3) is 2.97. The van der Waals surface area contributed by atoms with Gasteiger partial charge in [-0.1, -0.05) is 25.2 Å². The zero-order chi connectivity index (χ0) is 11.4. The van der Waals surface area contributed by atoms with Gasteiger partial charge in [-0.25, -0.2) is 0 Å². The molecule has 1 N–H and O–H groups in total. The van der Waals surface area contributed by atoms with Crippen LogP contribution in [0.3, 0.4) is 0 Å². The molecule has 1 saturated carbocycles. The quantitative estimate of drug-likeness (QED) is 0.760. The summed E-state index contributed by atoms with van der Waals surface area (Å²) in [6.07, 6.45) is 12.7. The third-order valence-corrected chi connectivity index (χ3v) is 3.66. The summed E-state index contributed by atoms with van der Waals surface area (Å²) in [7, 11) is 0. The zero-order valence-corrected chi connectivity index (χ0v) is 10.0. The van der Waals surface area contributed by atoms with Crippen LogP contribution in [0.25, 0.3) is 0 Å². The van der Waals surface area contributed by atoms with Crippen LogP contribution in [0.2, 0.25) is 0 Å². The summed E-state index contributed by atoms with van der Waals surface area (Å²) >= 11 is 0. The minimum Gasteiger partial charge on any atom is -0.350 e. The van der Waals surface area contributed by atoms with E-state index in [4.69, 9.17) is 0 Å². The lowest BCUT2D eigenvalue weighted by atomic mass is 9.87. The van der Waals surface area contributed by atoms with Crippen LogP contribution in [0.15, 0.2) is 23.8 Å². The van der Waals surface area contributed by atoms with E-state index in [9.17, 15) is 4.79 Å². The molecule has 88 valence electrons. The van der Waals surface area contributed by atoms with Crippen molar-refractivity contribution in [3.63, 3.8) is 0 Å². The minimum absolute atomic E-state index is 0.156. The van der Waals surface area contributed by atoms with Crippen LogP contribution in [-0.2, 0) is 4.79 Å². The summed E-state index contributed by atoms with van der Waals surface area (Å²) in [5, 5.41) is 3.17. The van der Waals surface area contributed by atoms with E-state index in [1.165, 1.54) is 12.8 Å². The van der Waals surface area contributed by atoms with Gasteiger partial charge in [-0.2, -0.15) is 0 Å². The lowest BCUT2D eigenvalue weighted by Crippen LogP contribution is -2.38. The number of rotatable bonds is 2. The molecule has 0 aliphatic heterocycles. The summed E-state index contributed by atoms with van der Waals surface area (Å²) in [6, 6.07) is 0.413. The standard InChI is InChI=1S/C14H21NO/c1-11-7-9-13(10-8-11)15-14(16)12-5-3-2-4-6-12/h2-3,5,11,13H,4,6-10H2,1H3,(H,15,16). The van der Waals surface area contributed by atoms with Gasteiger partial charge in [-0.15, -0.1) is 0 Å². The molecule has 16 heavy (non-hydrogen) atoms. The van der Waals surface area contributed by atoms with E-state index >= 15 is 0 Å². The first kappa shape index (κ1) is 11.4. The third-order valence-electron chi connectivity index (χ3n) is 3.66. The van der Waals surface area contributed by atoms with Crippen molar-refractivity contribution in [2.45, 2.75) is 51.5 Å². The summed E-state index contributed by atoms with van der Waals surface area (Å²) in [5.74, 6) is 0.994. The van der Waals surface area contributed by atoms with Crippen LogP contribution in [0.4, 0.5) is 0 Å². The SMILES string of the molecule is CC1CCC(NC(=O)C2=CC=CCC2)CC1. The summed E-state index contributed by atoms with van der Waals surface area (Å²) in [5.41, 5.74) is 0.945. The second-order valence-corrected chi connectivity index (χ2v) is 5.09. The van der Waals surface area contributed by atoms with Crippen LogP contribution in [-0.4, -0.2) is 11.9 Å². The van der Waals surface area contributed by atoms with E-state index in [-0.39, 0.29) is 5.91 Å². The maximum atomic E-state index is 11.9. The number of hydrogen-bond acceptors (Lipinski definition) is 1. The molecular weight excluding hydrogens is 198 g/mol. The van der Waals surface area contributed by atoms with Crippen LogP contribution in [0, 0.1) is 5.92 Å². The van der Waals surface area contributed by atoms with Crippen molar-refractivity contribution in [3.05, 3.63) is 23.8 Å². The first-order valence-corrected chi connectivity index (χ1v) is 6.42. The van der Waals surface area contributed by atoms with Crippen LogP contribution >= 0.6 is 0 Å². The number of carbonyl (C=O) groups is 1. The van der Waals surface area contributed by atoms with Crippen molar-refractivity contribution in [1.82, 2.24) is 5.32 Å². The molecule has 2 heteroatoms. The lowest BCUT2D eigenvalue weighted by molar-refractivity contribution is -0.118. The highest BCUT2D eigenvalue weighted by molar-refractivity contribution is 5.94. The Hall–Kier alpha value is -1.05. The molecule has 0 spiro atoms. The monoisotopic (exact) mass is 219 g/mol. The van der Waals surface area contributed by atoms with Crippen molar-refractivity contribution < 1.29 is 4.79 Å². The molecule has 1 fully saturated rings. The predicted molar refractivity (Wildman–Crippen MR) is 66.0 cm³/mol. The first-order valence-electron chi connectivity index (χ1n) is 6.42. The Labute approximate surface area is 97.8 Å². The highest BCUT2D eigenvalue weighted by Crippen LogP contribution is 2.24. The Bertz CT molecular complexity index is 309. The molecule has 0 radical (unpaired) electrons. The average molecular weight is 219 g/mol. The van der Waals surface area contributed by atoms with Crippen molar-refractivity contribution in [2.24, 2.45) is 5.92 Å². The van der Waals surface area contributed by atoms with Gasteiger partial charge in [0.2, 0.25) is 5.91 Å². The number of nitrogens with one attached hydrogen (secondary N) is 1. The molecule has 0 bridgehead atoms. The van der Waals surface area contributed by atoms with E-state index in [1.54, 1.807) is 0 Å². The Kier molecular flexibility index (Phi) is 3.81. The average Bonchev–Trinajstić information content (AvgIpc) is 2.33. The van der Waals surface area contributed by atoms with E-state index in [0.717, 1.165) is 37.2 Å². The molecule has 0 aromatic rings. The second-order valence-electron chi connectivity index (χ2n) is 5.09. The van der Waals surface area contributed by atoms with Gasteiger partial charge in [0, 0.05) is 11.6 Å². The normalized spacial score (nSPS) is 29.7. The van der Waals surface area contributed by atoms with Crippen molar-refractivity contribution in [2.75, 3.05) is 0 Å².